The highest BCUT2D eigenvalue weighted by molar-refractivity contribution is 5.22. The van der Waals surface area contributed by atoms with Crippen molar-refractivity contribution < 1.29 is 5.11 Å². The number of aliphatic hydroxyl groups excluding tert-OH is 1. The molecular weight excluding hydrogens is 318 g/mol. The first-order valence-corrected chi connectivity index (χ1v) is 11.3. The van der Waals surface area contributed by atoms with Crippen molar-refractivity contribution in [1.82, 2.24) is 4.90 Å². The van der Waals surface area contributed by atoms with Crippen LogP contribution in [0.3, 0.4) is 0 Å². The monoisotopic (exact) mass is 359 g/mol. The van der Waals surface area contributed by atoms with Gasteiger partial charge in [0.05, 0.1) is 6.61 Å². The highest BCUT2D eigenvalue weighted by Crippen LogP contribution is 2.20. The first-order valence-electron chi connectivity index (χ1n) is 11.3. The molecule has 1 aliphatic heterocycles. The van der Waals surface area contributed by atoms with E-state index < -0.39 is 0 Å². The molecule has 0 radical (unpaired) electrons. The molecule has 0 amide bonds. The van der Waals surface area contributed by atoms with Gasteiger partial charge in [0, 0.05) is 12.6 Å². The Balaban J connectivity index is 1.52. The lowest BCUT2D eigenvalue weighted by molar-refractivity contribution is 0.153. The summed E-state index contributed by atoms with van der Waals surface area (Å²) in [4.78, 5) is 2.43. The van der Waals surface area contributed by atoms with Crippen molar-refractivity contribution >= 4 is 0 Å². The topological polar surface area (TPSA) is 23.5 Å². The molecule has 0 spiro atoms. The number of benzene rings is 1. The van der Waals surface area contributed by atoms with Crippen LogP contribution in [0.5, 0.6) is 0 Å². The second-order valence-electron chi connectivity index (χ2n) is 8.20. The van der Waals surface area contributed by atoms with Gasteiger partial charge in [0.25, 0.3) is 0 Å². The largest absolute Gasteiger partial charge is 0.395 e. The molecule has 0 aliphatic carbocycles. The van der Waals surface area contributed by atoms with Crippen molar-refractivity contribution in [2.75, 3.05) is 13.2 Å². The highest BCUT2D eigenvalue weighted by Gasteiger charge is 2.23. The number of rotatable bonds is 14. The van der Waals surface area contributed by atoms with Crippen molar-refractivity contribution in [2.24, 2.45) is 0 Å². The van der Waals surface area contributed by atoms with Gasteiger partial charge >= 0.3 is 0 Å². The Morgan fingerprint density at radius 2 is 1.42 bits per heavy atom. The minimum absolute atomic E-state index is 0.302. The summed E-state index contributed by atoms with van der Waals surface area (Å²) < 4.78 is 0. The molecule has 2 heteroatoms. The van der Waals surface area contributed by atoms with Crippen LogP contribution in [0.25, 0.3) is 0 Å². The Bertz CT molecular complexity index is 456. The van der Waals surface area contributed by atoms with Crippen molar-refractivity contribution in [2.45, 2.75) is 103 Å². The van der Waals surface area contributed by atoms with Crippen molar-refractivity contribution in [3.63, 3.8) is 0 Å². The van der Waals surface area contributed by atoms with Gasteiger partial charge in [-0.15, -0.1) is 0 Å². The molecule has 1 aliphatic rings. The van der Waals surface area contributed by atoms with E-state index in [1.54, 1.807) is 0 Å². The van der Waals surface area contributed by atoms with Gasteiger partial charge in [-0.05, 0) is 43.4 Å². The Labute approximate surface area is 162 Å². The summed E-state index contributed by atoms with van der Waals surface area (Å²) in [5, 5.41) is 9.44. The average Bonchev–Trinajstić information content (AvgIpc) is 3.11. The molecule has 0 saturated carbocycles. The van der Waals surface area contributed by atoms with Crippen LogP contribution in [-0.2, 0) is 13.0 Å². The Morgan fingerprint density at radius 3 is 2.04 bits per heavy atom. The lowest BCUT2D eigenvalue weighted by Crippen LogP contribution is -2.31. The van der Waals surface area contributed by atoms with Crippen LogP contribution in [0, 0.1) is 0 Å². The highest BCUT2D eigenvalue weighted by atomic mass is 16.3. The van der Waals surface area contributed by atoms with E-state index in [-0.39, 0.29) is 0 Å². The minimum atomic E-state index is 0.302. The van der Waals surface area contributed by atoms with Gasteiger partial charge in [0.1, 0.15) is 0 Å². The summed E-state index contributed by atoms with van der Waals surface area (Å²) in [6, 6.07) is 9.58. The van der Waals surface area contributed by atoms with Crippen LogP contribution in [0.1, 0.15) is 95.1 Å². The summed E-state index contributed by atoms with van der Waals surface area (Å²) in [6.07, 6.45) is 17.6. The van der Waals surface area contributed by atoms with Crippen molar-refractivity contribution in [1.29, 1.82) is 0 Å². The van der Waals surface area contributed by atoms with Crippen LogP contribution in [-0.4, -0.2) is 29.2 Å². The van der Waals surface area contributed by atoms with Gasteiger partial charge in [-0.1, -0.05) is 89.0 Å². The van der Waals surface area contributed by atoms with Crippen molar-refractivity contribution in [3.05, 3.63) is 35.4 Å². The van der Waals surface area contributed by atoms with Crippen LogP contribution in [0.2, 0.25) is 0 Å². The molecule has 0 unspecified atom stereocenters. The summed E-state index contributed by atoms with van der Waals surface area (Å²) in [7, 11) is 0. The lowest BCUT2D eigenvalue weighted by atomic mass is 10.0. The number of aliphatic hydroxyl groups is 1. The molecule has 1 saturated heterocycles. The molecule has 2 rings (SSSR count). The SMILES string of the molecule is CCCCCCCCCCCCc1ccc(CN2CCC[C@@H]2CO)cc1. The maximum atomic E-state index is 9.44. The molecule has 1 heterocycles. The lowest BCUT2D eigenvalue weighted by Gasteiger charge is -2.22. The van der Waals surface area contributed by atoms with Crippen LogP contribution in [0.4, 0.5) is 0 Å². The van der Waals surface area contributed by atoms with Gasteiger partial charge < -0.3 is 5.11 Å². The standard InChI is InChI=1S/C24H41NO/c1-2-3-4-5-6-7-8-9-10-11-13-22-15-17-23(18-16-22)20-25-19-12-14-24(25)21-26/h15-18,24,26H,2-14,19-21H2,1H3/t24-/m1/s1. The summed E-state index contributed by atoms with van der Waals surface area (Å²) in [6.45, 7) is 4.71. The number of aryl methyl sites for hydroxylation is 1. The summed E-state index contributed by atoms with van der Waals surface area (Å²) >= 11 is 0. The number of nitrogens with zero attached hydrogens (tertiary/aromatic N) is 1. The van der Waals surface area contributed by atoms with Crippen LogP contribution in [0.15, 0.2) is 24.3 Å². The van der Waals surface area contributed by atoms with E-state index >= 15 is 0 Å². The first kappa shape index (κ1) is 21.4. The van der Waals surface area contributed by atoms with Gasteiger partial charge in [-0.2, -0.15) is 0 Å². The molecule has 148 valence electrons. The third-order valence-electron chi connectivity index (χ3n) is 5.94. The molecule has 1 aromatic rings. The Morgan fingerprint density at radius 1 is 0.846 bits per heavy atom. The molecule has 1 aromatic carbocycles. The maximum absolute atomic E-state index is 9.44. The summed E-state index contributed by atoms with van der Waals surface area (Å²) in [5.41, 5.74) is 2.87. The third-order valence-corrected chi connectivity index (χ3v) is 5.94. The van der Waals surface area contributed by atoms with Crippen LogP contribution < -0.4 is 0 Å². The van der Waals surface area contributed by atoms with Gasteiger partial charge in [-0.25, -0.2) is 0 Å². The van der Waals surface area contributed by atoms with E-state index in [1.807, 2.05) is 0 Å². The quantitative estimate of drug-likeness (QED) is 0.405. The molecule has 0 aromatic heterocycles. The van der Waals surface area contributed by atoms with Crippen molar-refractivity contribution in [3.8, 4) is 0 Å². The third kappa shape index (κ3) is 8.22. The molecule has 0 bridgehead atoms. The zero-order chi connectivity index (χ0) is 18.5. The van der Waals surface area contributed by atoms with Gasteiger partial charge in [-0.3, -0.25) is 4.90 Å². The Hall–Kier alpha value is -0.860. The number of likely N-dealkylation sites (tertiary alicyclic amines) is 1. The normalized spacial score (nSPS) is 17.8. The van der Waals surface area contributed by atoms with E-state index in [0.29, 0.717) is 12.6 Å². The predicted octanol–water partition coefficient (Wildman–Crippen LogP) is 6.11. The number of unbranched alkanes of at least 4 members (excludes halogenated alkanes) is 9. The van der Waals surface area contributed by atoms with E-state index in [1.165, 1.54) is 88.2 Å². The average molecular weight is 360 g/mol. The van der Waals surface area contributed by atoms with Gasteiger partial charge in [0.2, 0.25) is 0 Å². The zero-order valence-corrected chi connectivity index (χ0v) is 17.1. The van der Waals surface area contributed by atoms with Crippen LogP contribution >= 0.6 is 0 Å². The zero-order valence-electron chi connectivity index (χ0n) is 17.1. The summed E-state index contributed by atoms with van der Waals surface area (Å²) in [5.74, 6) is 0. The molecule has 2 nitrogen and oxygen atoms in total. The maximum Gasteiger partial charge on any atom is 0.0587 e. The molecule has 1 N–H and O–H groups in total. The van der Waals surface area contributed by atoms with E-state index in [4.69, 9.17) is 0 Å². The van der Waals surface area contributed by atoms with Gasteiger partial charge in [0.15, 0.2) is 0 Å². The fourth-order valence-corrected chi connectivity index (χ4v) is 4.17. The predicted molar refractivity (Wildman–Crippen MR) is 113 cm³/mol. The second kappa shape index (κ2) is 13.3. The van der Waals surface area contributed by atoms with E-state index in [9.17, 15) is 5.11 Å². The smallest absolute Gasteiger partial charge is 0.0587 e. The number of hydrogen-bond acceptors (Lipinski definition) is 2. The van der Waals surface area contributed by atoms with E-state index in [2.05, 4.69) is 36.1 Å². The Kier molecular flexibility index (Phi) is 11.0. The minimum Gasteiger partial charge on any atom is -0.395 e. The van der Waals surface area contributed by atoms with E-state index in [0.717, 1.165) is 19.5 Å². The second-order valence-corrected chi connectivity index (χ2v) is 8.20. The first-order chi connectivity index (χ1) is 12.8. The fourth-order valence-electron chi connectivity index (χ4n) is 4.17. The molecule has 1 fully saturated rings. The molecule has 26 heavy (non-hydrogen) atoms. The molecular formula is C24H41NO. The molecule has 1 atom stereocenters. The number of hydrogen-bond donors (Lipinski definition) is 1. The fraction of sp³-hybridized carbons (Fsp3) is 0.750.